The molecule has 1 atom stereocenters. The highest BCUT2D eigenvalue weighted by molar-refractivity contribution is 5.24. The van der Waals surface area contributed by atoms with E-state index in [9.17, 15) is 0 Å². The zero-order valence-corrected chi connectivity index (χ0v) is 22.2. The Balaban J connectivity index is 0.000000662. The second kappa shape index (κ2) is 21.1. The van der Waals surface area contributed by atoms with Crippen molar-refractivity contribution in [2.24, 2.45) is 5.92 Å². The molecule has 0 amide bonds. The Kier molecular flexibility index (Phi) is 20.0. The van der Waals surface area contributed by atoms with Gasteiger partial charge in [0.2, 0.25) is 0 Å². The molecule has 0 nitrogen and oxygen atoms in total. The first-order valence-electron chi connectivity index (χ1n) is 13.4. The fourth-order valence-electron chi connectivity index (χ4n) is 3.55. The lowest BCUT2D eigenvalue weighted by Gasteiger charge is -2.03. The van der Waals surface area contributed by atoms with Crippen LogP contribution in [-0.4, -0.2) is 0 Å². The number of benzene rings is 1. The maximum Gasteiger partial charge on any atom is 0.0242 e. The summed E-state index contributed by atoms with van der Waals surface area (Å²) >= 11 is 0. The minimum atomic E-state index is 0.582. The quantitative estimate of drug-likeness (QED) is 0.194. The first-order chi connectivity index (χ1) is 15.5. The van der Waals surface area contributed by atoms with Gasteiger partial charge >= 0.3 is 0 Å². The lowest BCUT2D eigenvalue weighted by atomic mass is 10.0. The monoisotopic (exact) mass is 436 g/mol. The van der Waals surface area contributed by atoms with Gasteiger partial charge < -0.3 is 0 Å². The van der Waals surface area contributed by atoms with E-state index in [1.807, 2.05) is 0 Å². The molecule has 1 unspecified atom stereocenters. The normalized spacial score (nSPS) is 14.4. The van der Waals surface area contributed by atoms with Crippen LogP contribution in [-0.2, 0) is 12.8 Å². The number of rotatable bonds is 10. The predicted molar refractivity (Wildman–Crippen MR) is 147 cm³/mol. The molecule has 0 aliphatic heterocycles. The van der Waals surface area contributed by atoms with E-state index in [2.05, 4.69) is 83.9 Å². The highest BCUT2D eigenvalue weighted by Gasteiger charge is 2.14. The molecule has 180 valence electrons. The molecule has 0 radical (unpaired) electrons. The van der Waals surface area contributed by atoms with E-state index in [1.165, 1.54) is 80.1 Å². The van der Waals surface area contributed by atoms with E-state index < -0.39 is 0 Å². The summed E-state index contributed by atoms with van der Waals surface area (Å²) in [4.78, 5) is 0. The van der Waals surface area contributed by atoms with Crippen LogP contribution in [0.1, 0.15) is 123 Å². The topological polar surface area (TPSA) is 0 Å². The SMILES string of the molecule is C=C(CC)CC.C=C1CCC(C#CCCc2cccc(CCCC)c2)C1.CCCCCC. The first kappa shape index (κ1) is 30.3. The molecule has 0 heterocycles. The van der Waals surface area contributed by atoms with Gasteiger partial charge in [-0.3, -0.25) is 0 Å². The molecule has 1 fully saturated rings. The second-order valence-electron chi connectivity index (χ2n) is 9.10. The molecule has 0 heteroatoms. The lowest BCUT2D eigenvalue weighted by Crippen LogP contribution is -1.90. The zero-order valence-electron chi connectivity index (χ0n) is 22.2. The van der Waals surface area contributed by atoms with Crippen LogP contribution in [0, 0.1) is 17.8 Å². The van der Waals surface area contributed by atoms with E-state index in [-0.39, 0.29) is 0 Å². The number of allylic oxidation sites excluding steroid dienone is 2. The molecule has 0 aromatic heterocycles. The van der Waals surface area contributed by atoms with Crippen molar-refractivity contribution in [3.8, 4) is 11.8 Å². The summed E-state index contributed by atoms with van der Waals surface area (Å²) in [5.41, 5.74) is 5.64. The van der Waals surface area contributed by atoms with Gasteiger partial charge in [0.15, 0.2) is 0 Å². The van der Waals surface area contributed by atoms with Gasteiger partial charge in [-0.15, -0.1) is 5.92 Å². The van der Waals surface area contributed by atoms with Gasteiger partial charge in [-0.1, -0.05) is 121 Å². The Hall–Kier alpha value is -1.74. The van der Waals surface area contributed by atoms with Gasteiger partial charge in [0.05, 0.1) is 0 Å². The van der Waals surface area contributed by atoms with Gasteiger partial charge in [-0.25, -0.2) is 0 Å². The largest absolute Gasteiger partial charge is 0.103 e. The first-order valence-corrected chi connectivity index (χ1v) is 13.4. The van der Waals surface area contributed by atoms with Gasteiger partial charge in [-0.05, 0) is 62.5 Å². The molecule has 1 aliphatic carbocycles. The van der Waals surface area contributed by atoms with Crippen LogP contribution in [0.3, 0.4) is 0 Å². The highest BCUT2D eigenvalue weighted by Crippen LogP contribution is 2.27. The molecule has 0 N–H and O–H groups in total. The molecular formula is C32H52. The summed E-state index contributed by atoms with van der Waals surface area (Å²) in [5.74, 6) is 7.37. The summed E-state index contributed by atoms with van der Waals surface area (Å²) in [6, 6.07) is 9.02. The van der Waals surface area contributed by atoms with E-state index in [4.69, 9.17) is 0 Å². The summed E-state index contributed by atoms with van der Waals surface area (Å²) in [7, 11) is 0. The van der Waals surface area contributed by atoms with Crippen molar-refractivity contribution in [3.63, 3.8) is 0 Å². The molecule has 2 rings (SSSR count). The number of unbranched alkanes of at least 4 members (excludes halogenated alkanes) is 4. The third-order valence-electron chi connectivity index (χ3n) is 5.99. The van der Waals surface area contributed by atoms with E-state index >= 15 is 0 Å². The fourth-order valence-corrected chi connectivity index (χ4v) is 3.55. The fraction of sp³-hybridized carbons (Fsp3) is 0.625. The minimum absolute atomic E-state index is 0.582. The number of aryl methyl sites for hydroxylation is 2. The van der Waals surface area contributed by atoms with Gasteiger partial charge in [0, 0.05) is 12.3 Å². The van der Waals surface area contributed by atoms with Crippen molar-refractivity contribution in [1.82, 2.24) is 0 Å². The van der Waals surface area contributed by atoms with Crippen LogP contribution in [0.2, 0.25) is 0 Å². The van der Waals surface area contributed by atoms with Crippen LogP contribution >= 0.6 is 0 Å². The average Bonchev–Trinajstić information content (AvgIpc) is 3.24. The smallest absolute Gasteiger partial charge is 0.0242 e. The maximum absolute atomic E-state index is 4.05. The molecule has 1 aromatic rings. The van der Waals surface area contributed by atoms with Crippen molar-refractivity contribution in [3.05, 3.63) is 59.7 Å². The third kappa shape index (κ3) is 16.9. The predicted octanol–water partition coefficient (Wildman–Crippen LogP) is 10.3. The molecule has 1 aromatic carbocycles. The van der Waals surface area contributed by atoms with E-state index in [1.54, 1.807) is 0 Å². The van der Waals surface area contributed by atoms with Gasteiger partial charge in [0.25, 0.3) is 0 Å². The maximum atomic E-state index is 4.05. The molecule has 32 heavy (non-hydrogen) atoms. The number of hydrogen-bond acceptors (Lipinski definition) is 0. The van der Waals surface area contributed by atoms with Crippen molar-refractivity contribution >= 4 is 0 Å². The van der Waals surface area contributed by atoms with Gasteiger partial charge in [0.1, 0.15) is 0 Å². The Morgan fingerprint density at radius 3 is 1.97 bits per heavy atom. The minimum Gasteiger partial charge on any atom is -0.103 e. The van der Waals surface area contributed by atoms with E-state index in [0.29, 0.717) is 5.92 Å². The standard InChI is InChI=1S/C20H26.C6H12.C6H14/c1-3-4-8-18-11-7-12-19(16-18)9-5-6-10-20-14-13-17(2)15-20;1-4-6(3)5-2;1-3-5-6-4-2/h7,11-12,16,20H,2-5,8-9,13-15H2,1H3;3-5H2,1-2H3;3-6H2,1-2H3. The number of hydrogen-bond donors (Lipinski definition) is 0. The van der Waals surface area contributed by atoms with Gasteiger partial charge in [-0.2, -0.15) is 0 Å². The Morgan fingerprint density at radius 1 is 0.906 bits per heavy atom. The van der Waals surface area contributed by atoms with Crippen LogP contribution < -0.4 is 0 Å². The Labute approximate surface area is 202 Å². The van der Waals surface area contributed by atoms with Crippen molar-refractivity contribution in [2.75, 3.05) is 0 Å². The summed E-state index contributed by atoms with van der Waals surface area (Å²) < 4.78 is 0. The summed E-state index contributed by atoms with van der Waals surface area (Å²) in [6.07, 6.45) is 17.2. The highest BCUT2D eigenvalue weighted by atomic mass is 14.2. The molecular weight excluding hydrogens is 384 g/mol. The second-order valence-corrected chi connectivity index (χ2v) is 9.10. The third-order valence-corrected chi connectivity index (χ3v) is 5.99. The molecule has 1 saturated carbocycles. The molecule has 0 saturated heterocycles. The van der Waals surface area contributed by atoms with Crippen LogP contribution in [0.4, 0.5) is 0 Å². The van der Waals surface area contributed by atoms with Crippen molar-refractivity contribution < 1.29 is 0 Å². The summed E-state index contributed by atoms with van der Waals surface area (Å²) in [5, 5.41) is 0. The molecule has 0 bridgehead atoms. The summed E-state index contributed by atoms with van der Waals surface area (Å²) in [6.45, 7) is 18.8. The molecule has 1 aliphatic rings. The van der Waals surface area contributed by atoms with Crippen molar-refractivity contribution in [2.45, 2.75) is 125 Å². The zero-order chi connectivity index (χ0) is 24.0. The van der Waals surface area contributed by atoms with Crippen molar-refractivity contribution in [1.29, 1.82) is 0 Å². The van der Waals surface area contributed by atoms with E-state index in [0.717, 1.165) is 32.1 Å². The lowest BCUT2D eigenvalue weighted by molar-refractivity contribution is 0.702. The average molecular weight is 437 g/mol. The van der Waals surface area contributed by atoms with Crippen LogP contribution in [0.15, 0.2) is 48.6 Å². The Morgan fingerprint density at radius 2 is 1.50 bits per heavy atom. The van der Waals surface area contributed by atoms with Crippen LogP contribution in [0.25, 0.3) is 0 Å². The molecule has 0 spiro atoms. The Bertz CT molecular complexity index is 657. The van der Waals surface area contributed by atoms with Crippen LogP contribution in [0.5, 0.6) is 0 Å².